The number of rotatable bonds is 3. The topological polar surface area (TPSA) is 75.6 Å². The molecule has 0 saturated heterocycles. The van der Waals surface area contributed by atoms with Gasteiger partial charge in [-0.25, -0.2) is 4.79 Å². The number of carbonyl (C=O) groups excluding carboxylic acids is 1. The van der Waals surface area contributed by atoms with Gasteiger partial charge in [0.2, 0.25) is 5.91 Å². The fraction of sp³-hybridized carbons (Fsp3) is 0.500. The van der Waals surface area contributed by atoms with Crippen LogP contribution in [0, 0.1) is 0 Å². The lowest BCUT2D eigenvalue weighted by atomic mass is 9.81. The molecule has 0 radical (unpaired) electrons. The number of hydrogen-bond donors (Lipinski definition) is 2. The van der Waals surface area contributed by atoms with Crippen molar-refractivity contribution in [2.75, 3.05) is 6.61 Å². The number of halogens is 1. The first-order valence-corrected chi connectivity index (χ1v) is 8.29. The van der Waals surface area contributed by atoms with E-state index in [1.54, 1.807) is 0 Å². The summed E-state index contributed by atoms with van der Waals surface area (Å²) in [5.74, 6) is -0.961. The molecule has 0 spiro atoms. The molecule has 3 rings (SSSR count). The van der Waals surface area contributed by atoms with Crippen LogP contribution in [0.25, 0.3) is 0 Å². The van der Waals surface area contributed by atoms with Gasteiger partial charge in [-0.15, -0.1) is 0 Å². The third-order valence-electron chi connectivity index (χ3n) is 4.55. The van der Waals surface area contributed by atoms with Gasteiger partial charge in [0.05, 0.1) is 0 Å². The molecule has 2 N–H and O–H groups in total. The Balaban J connectivity index is 1.81. The number of carbonyl (C=O) groups is 2. The van der Waals surface area contributed by atoms with E-state index in [2.05, 4.69) is 21.2 Å². The molecule has 22 heavy (non-hydrogen) atoms. The lowest BCUT2D eigenvalue weighted by molar-refractivity contribution is -0.149. The SMILES string of the molecule is O=C(NC1(C(=O)O)CCCCC1)C1COc2ccc(Br)cc21. The van der Waals surface area contributed by atoms with Crippen LogP contribution in [-0.2, 0) is 9.59 Å². The van der Waals surface area contributed by atoms with E-state index in [4.69, 9.17) is 4.74 Å². The Bertz CT molecular complexity index is 610. The van der Waals surface area contributed by atoms with Crippen molar-refractivity contribution in [2.24, 2.45) is 0 Å². The molecule has 1 aliphatic heterocycles. The van der Waals surface area contributed by atoms with Gasteiger partial charge in [0, 0.05) is 10.0 Å². The van der Waals surface area contributed by atoms with Crippen LogP contribution in [0.1, 0.15) is 43.6 Å². The Labute approximate surface area is 137 Å². The average Bonchev–Trinajstić information content (AvgIpc) is 2.91. The maximum absolute atomic E-state index is 12.6. The van der Waals surface area contributed by atoms with Crippen LogP contribution in [0.4, 0.5) is 0 Å². The van der Waals surface area contributed by atoms with Gasteiger partial charge in [0.15, 0.2) is 0 Å². The van der Waals surface area contributed by atoms with Crippen molar-refractivity contribution in [3.8, 4) is 5.75 Å². The highest BCUT2D eigenvalue weighted by molar-refractivity contribution is 9.10. The van der Waals surface area contributed by atoms with Crippen molar-refractivity contribution in [1.29, 1.82) is 0 Å². The quantitative estimate of drug-likeness (QED) is 0.860. The zero-order valence-electron chi connectivity index (χ0n) is 12.1. The fourth-order valence-corrected chi connectivity index (χ4v) is 3.65. The highest BCUT2D eigenvalue weighted by Crippen LogP contribution is 2.37. The molecule has 1 fully saturated rings. The fourth-order valence-electron chi connectivity index (χ4n) is 3.27. The van der Waals surface area contributed by atoms with Gasteiger partial charge in [-0.1, -0.05) is 35.2 Å². The lowest BCUT2D eigenvalue weighted by Gasteiger charge is -2.34. The Morgan fingerprint density at radius 2 is 2.00 bits per heavy atom. The predicted octanol–water partition coefficient (Wildman–Crippen LogP) is 2.83. The largest absolute Gasteiger partial charge is 0.492 e. The number of nitrogens with one attached hydrogen (secondary N) is 1. The van der Waals surface area contributed by atoms with Crippen molar-refractivity contribution in [1.82, 2.24) is 5.32 Å². The van der Waals surface area contributed by atoms with E-state index in [9.17, 15) is 14.7 Å². The minimum Gasteiger partial charge on any atom is -0.492 e. The second-order valence-corrected chi connectivity index (χ2v) is 6.90. The maximum atomic E-state index is 12.6. The molecule has 1 saturated carbocycles. The molecule has 1 atom stereocenters. The third kappa shape index (κ3) is 2.72. The van der Waals surface area contributed by atoms with Crippen LogP contribution in [0.2, 0.25) is 0 Å². The summed E-state index contributed by atoms with van der Waals surface area (Å²) >= 11 is 3.39. The molecule has 1 amide bonds. The number of amides is 1. The Hall–Kier alpha value is -1.56. The molecule has 1 heterocycles. The summed E-state index contributed by atoms with van der Waals surface area (Å²) < 4.78 is 6.42. The highest BCUT2D eigenvalue weighted by Gasteiger charge is 2.43. The number of hydrogen-bond acceptors (Lipinski definition) is 3. The van der Waals surface area contributed by atoms with E-state index < -0.39 is 17.4 Å². The number of ether oxygens (including phenoxy) is 1. The second-order valence-electron chi connectivity index (χ2n) is 5.98. The Morgan fingerprint density at radius 1 is 1.27 bits per heavy atom. The molecule has 1 aliphatic carbocycles. The zero-order chi connectivity index (χ0) is 15.7. The van der Waals surface area contributed by atoms with Gasteiger partial charge >= 0.3 is 5.97 Å². The molecule has 5 nitrogen and oxygen atoms in total. The standard InChI is InChI=1S/C16H18BrNO4/c17-10-4-5-13-11(8-10)12(9-22-13)14(19)18-16(15(20)21)6-2-1-3-7-16/h4-5,8,12H,1-3,6-7,9H2,(H,18,19)(H,20,21). The molecule has 1 aromatic rings. The first-order valence-electron chi connectivity index (χ1n) is 7.49. The summed E-state index contributed by atoms with van der Waals surface area (Å²) in [6, 6.07) is 5.54. The number of aliphatic carboxylic acids is 1. The molecule has 0 aromatic heterocycles. The first-order chi connectivity index (χ1) is 10.5. The van der Waals surface area contributed by atoms with E-state index in [1.165, 1.54) is 0 Å². The van der Waals surface area contributed by atoms with Crippen molar-refractivity contribution in [3.05, 3.63) is 28.2 Å². The van der Waals surface area contributed by atoms with Crippen LogP contribution in [-0.4, -0.2) is 29.1 Å². The molecule has 0 bridgehead atoms. The minimum absolute atomic E-state index is 0.257. The van der Waals surface area contributed by atoms with E-state index in [-0.39, 0.29) is 12.5 Å². The van der Waals surface area contributed by atoms with Gasteiger partial charge in [-0.3, -0.25) is 4.79 Å². The van der Waals surface area contributed by atoms with Crippen molar-refractivity contribution < 1.29 is 19.4 Å². The van der Waals surface area contributed by atoms with E-state index >= 15 is 0 Å². The maximum Gasteiger partial charge on any atom is 0.329 e. The van der Waals surface area contributed by atoms with Crippen molar-refractivity contribution in [3.63, 3.8) is 0 Å². The summed E-state index contributed by atoms with van der Waals surface area (Å²) in [5, 5.41) is 12.4. The summed E-state index contributed by atoms with van der Waals surface area (Å²) in [4.78, 5) is 24.3. The monoisotopic (exact) mass is 367 g/mol. The number of benzene rings is 1. The predicted molar refractivity (Wildman–Crippen MR) is 84.0 cm³/mol. The molecular formula is C16H18BrNO4. The average molecular weight is 368 g/mol. The summed E-state index contributed by atoms with van der Waals surface area (Å²) in [6.07, 6.45) is 3.67. The summed E-state index contributed by atoms with van der Waals surface area (Å²) in [6.45, 7) is 0.257. The van der Waals surface area contributed by atoms with E-state index in [1.807, 2.05) is 18.2 Å². The van der Waals surface area contributed by atoms with Crippen LogP contribution < -0.4 is 10.1 Å². The number of carboxylic acid groups (broad SMARTS) is 1. The van der Waals surface area contributed by atoms with Gasteiger partial charge in [0.25, 0.3) is 0 Å². The molecule has 1 unspecified atom stereocenters. The highest BCUT2D eigenvalue weighted by atomic mass is 79.9. The zero-order valence-corrected chi connectivity index (χ0v) is 13.7. The molecule has 118 valence electrons. The van der Waals surface area contributed by atoms with Gasteiger partial charge in [0.1, 0.15) is 23.8 Å². The first kappa shape index (κ1) is 15.3. The van der Waals surface area contributed by atoms with Crippen molar-refractivity contribution in [2.45, 2.75) is 43.6 Å². The van der Waals surface area contributed by atoms with Crippen LogP contribution in [0.5, 0.6) is 5.75 Å². The van der Waals surface area contributed by atoms with E-state index in [0.29, 0.717) is 18.6 Å². The van der Waals surface area contributed by atoms with Crippen LogP contribution >= 0.6 is 15.9 Å². The molecule has 1 aromatic carbocycles. The Kier molecular flexibility index (Phi) is 4.12. The third-order valence-corrected chi connectivity index (χ3v) is 5.04. The van der Waals surface area contributed by atoms with Gasteiger partial charge < -0.3 is 15.2 Å². The van der Waals surface area contributed by atoms with Crippen LogP contribution in [0.3, 0.4) is 0 Å². The van der Waals surface area contributed by atoms with Gasteiger partial charge in [-0.05, 0) is 31.0 Å². The van der Waals surface area contributed by atoms with Crippen molar-refractivity contribution >= 4 is 27.8 Å². The smallest absolute Gasteiger partial charge is 0.329 e. The second kappa shape index (κ2) is 5.91. The van der Waals surface area contributed by atoms with Crippen LogP contribution in [0.15, 0.2) is 22.7 Å². The van der Waals surface area contributed by atoms with E-state index in [0.717, 1.165) is 29.3 Å². The summed E-state index contributed by atoms with van der Waals surface area (Å²) in [7, 11) is 0. The Morgan fingerprint density at radius 3 is 2.68 bits per heavy atom. The normalized spacial score (nSPS) is 22.5. The molecule has 2 aliphatic rings. The molecular weight excluding hydrogens is 350 g/mol. The summed E-state index contributed by atoms with van der Waals surface area (Å²) in [5.41, 5.74) is -0.312. The number of fused-ring (bicyclic) bond motifs is 1. The minimum atomic E-state index is -1.12. The lowest BCUT2D eigenvalue weighted by Crippen LogP contribution is -2.56. The number of carboxylic acids is 1. The molecule has 6 heteroatoms. The van der Waals surface area contributed by atoms with Gasteiger partial charge in [-0.2, -0.15) is 0 Å².